The minimum atomic E-state index is -0.588. The molecule has 2 aromatic heterocycles. The number of aromatic nitrogens is 2. The van der Waals surface area contributed by atoms with Gasteiger partial charge in [-0.2, -0.15) is 0 Å². The van der Waals surface area contributed by atoms with Gasteiger partial charge in [-0.1, -0.05) is 127 Å². The van der Waals surface area contributed by atoms with Crippen LogP contribution in [0, 0.1) is 0 Å². The Kier molecular flexibility index (Phi) is 5.31. The third-order valence-electron chi connectivity index (χ3n) is 10.7. The first-order valence-electron chi connectivity index (χ1n) is 16.8. The molecule has 1 atom stereocenters. The first-order valence-corrected chi connectivity index (χ1v) is 16.8. The maximum absolute atomic E-state index is 6.76. The monoisotopic (exact) mass is 624 g/mol. The predicted octanol–water partition coefficient (Wildman–Crippen LogP) is 11.5. The van der Waals surface area contributed by atoms with Crippen LogP contribution < -0.4 is 4.74 Å². The molecule has 49 heavy (non-hydrogen) atoms. The fourth-order valence-corrected chi connectivity index (χ4v) is 8.68. The van der Waals surface area contributed by atoms with Crippen LogP contribution in [0.3, 0.4) is 0 Å². The Morgan fingerprint density at radius 3 is 2.12 bits per heavy atom. The normalized spacial score (nSPS) is 15.6. The lowest BCUT2D eigenvalue weighted by molar-refractivity contribution is 0.434. The average molecular weight is 625 g/mol. The molecule has 3 heteroatoms. The minimum Gasteiger partial charge on any atom is -0.457 e. The van der Waals surface area contributed by atoms with Crippen molar-refractivity contribution in [1.29, 1.82) is 0 Å². The summed E-state index contributed by atoms with van der Waals surface area (Å²) in [5, 5.41) is 3.68. The molecule has 9 aromatic rings. The van der Waals surface area contributed by atoms with Crippen molar-refractivity contribution in [2.24, 2.45) is 0 Å². The second-order valence-corrected chi connectivity index (χ2v) is 13.1. The van der Waals surface area contributed by atoms with Crippen LogP contribution in [0.25, 0.3) is 60.6 Å². The zero-order valence-electron chi connectivity index (χ0n) is 26.5. The SMILES string of the molecule is c1ccc2c(c1)Oc1ccc(-c3ccc(-c4cccc5cccnc45)cc3)cc1C21c2ccccc2-n2c3ccccc3c3cccc1c32. The second-order valence-electron chi connectivity index (χ2n) is 13.1. The summed E-state index contributed by atoms with van der Waals surface area (Å²) < 4.78 is 9.23. The zero-order chi connectivity index (χ0) is 32.1. The summed E-state index contributed by atoms with van der Waals surface area (Å²) in [7, 11) is 0. The molecule has 228 valence electrons. The molecular formula is C46H28N2O. The molecule has 0 N–H and O–H groups in total. The van der Waals surface area contributed by atoms with Gasteiger partial charge in [0.05, 0.1) is 27.7 Å². The lowest BCUT2D eigenvalue weighted by Gasteiger charge is -2.45. The van der Waals surface area contributed by atoms with Crippen molar-refractivity contribution in [2.75, 3.05) is 0 Å². The number of benzene rings is 7. The van der Waals surface area contributed by atoms with Crippen molar-refractivity contribution in [1.82, 2.24) is 9.55 Å². The number of hydrogen-bond acceptors (Lipinski definition) is 2. The standard InChI is InChI=1S/C46H28N2O/c1-4-18-40-34(12-1)35-14-8-17-38-45(35)48(40)41-19-5-2-15-36(41)46(38)37-16-3-6-20-42(37)49-43-26-25-32(28-39(43)46)29-21-23-30(24-22-29)33-13-7-10-31-11-9-27-47-44(31)33/h1-28H. The summed E-state index contributed by atoms with van der Waals surface area (Å²) in [6, 6.07) is 59.3. The Morgan fingerprint density at radius 1 is 0.490 bits per heavy atom. The van der Waals surface area contributed by atoms with Crippen LogP contribution in [0.4, 0.5) is 0 Å². The highest BCUT2D eigenvalue weighted by Crippen LogP contribution is 2.60. The highest BCUT2D eigenvalue weighted by Gasteiger charge is 2.50. The number of para-hydroxylation sites is 5. The van der Waals surface area contributed by atoms with Crippen molar-refractivity contribution in [3.05, 3.63) is 192 Å². The van der Waals surface area contributed by atoms with Gasteiger partial charge < -0.3 is 9.30 Å². The summed E-state index contributed by atoms with van der Waals surface area (Å²) >= 11 is 0. The summed E-state index contributed by atoms with van der Waals surface area (Å²) in [4.78, 5) is 4.70. The average Bonchev–Trinajstić information content (AvgIpc) is 3.51. The molecule has 0 fully saturated rings. The topological polar surface area (TPSA) is 27.1 Å². The molecule has 4 heterocycles. The fourth-order valence-electron chi connectivity index (χ4n) is 8.68. The first-order chi connectivity index (χ1) is 24.3. The predicted molar refractivity (Wildman–Crippen MR) is 199 cm³/mol. The van der Waals surface area contributed by atoms with E-state index in [4.69, 9.17) is 9.72 Å². The van der Waals surface area contributed by atoms with E-state index in [2.05, 4.69) is 162 Å². The van der Waals surface area contributed by atoms with E-state index in [1.165, 1.54) is 38.6 Å². The summed E-state index contributed by atoms with van der Waals surface area (Å²) in [5.41, 5.74) is 13.6. The van der Waals surface area contributed by atoms with Gasteiger partial charge in [0, 0.05) is 39.0 Å². The van der Waals surface area contributed by atoms with E-state index in [1.54, 1.807) is 0 Å². The fraction of sp³-hybridized carbons (Fsp3) is 0.0217. The number of pyridine rings is 1. The Labute approximate surface area is 283 Å². The smallest absolute Gasteiger partial charge is 0.132 e. The number of ether oxygens (including phenoxy) is 1. The van der Waals surface area contributed by atoms with Gasteiger partial charge in [-0.05, 0) is 64.2 Å². The Hall–Kier alpha value is -6.45. The van der Waals surface area contributed by atoms with Gasteiger partial charge in [-0.25, -0.2) is 0 Å². The van der Waals surface area contributed by atoms with Crippen LogP contribution in [0.15, 0.2) is 170 Å². The molecule has 11 rings (SSSR count). The van der Waals surface area contributed by atoms with Gasteiger partial charge in [-0.3, -0.25) is 4.98 Å². The van der Waals surface area contributed by atoms with Crippen molar-refractivity contribution >= 4 is 32.7 Å². The lowest BCUT2D eigenvalue weighted by Crippen LogP contribution is -2.37. The number of nitrogens with zero attached hydrogens (tertiary/aromatic N) is 2. The van der Waals surface area contributed by atoms with E-state index in [-0.39, 0.29) is 0 Å². The Balaban J connectivity index is 1.18. The molecule has 3 nitrogen and oxygen atoms in total. The minimum absolute atomic E-state index is 0.588. The molecule has 7 aromatic carbocycles. The third kappa shape index (κ3) is 3.49. The third-order valence-corrected chi connectivity index (χ3v) is 10.7. The maximum Gasteiger partial charge on any atom is 0.132 e. The molecule has 2 aliphatic heterocycles. The maximum atomic E-state index is 6.76. The van der Waals surface area contributed by atoms with Gasteiger partial charge in [0.1, 0.15) is 11.5 Å². The number of fused-ring (bicyclic) bond motifs is 12. The zero-order valence-corrected chi connectivity index (χ0v) is 26.5. The van der Waals surface area contributed by atoms with Crippen molar-refractivity contribution in [3.8, 4) is 39.4 Å². The van der Waals surface area contributed by atoms with Crippen molar-refractivity contribution in [3.63, 3.8) is 0 Å². The van der Waals surface area contributed by atoms with Gasteiger partial charge >= 0.3 is 0 Å². The van der Waals surface area contributed by atoms with Crippen LogP contribution in [-0.4, -0.2) is 9.55 Å². The van der Waals surface area contributed by atoms with E-state index < -0.39 is 5.41 Å². The second kappa shape index (κ2) is 9.79. The summed E-state index contributed by atoms with van der Waals surface area (Å²) in [6.45, 7) is 0. The van der Waals surface area contributed by atoms with Crippen LogP contribution in [0.5, 0.6) is 11.5 Å². The molecular weight excluding hydrogens is 597 g/mol. The first kappa shape index (κ1) is 26.6. The molecule has 0 bridgehead atoms. The van der Waals surface area contributed by atoms with E-state index in [9.17, 15) is 0 Å². The largest absolute Gasteiger partial charge is 0.457 e. The van der Waals surface area contributed by atoms with Crippen LogP contribution >= 0.6 is 0 Å². The Morgan fingerprint density at radius 2 is 1.18 bits per heavy atom. The summed E-state index contributed by atoms with van der Waals surface area (Å²) in [5.74, 6) is 1.78. The van der Waals surface area contributed by atoms with E-state index in [1.807, 2.05) is 12.3 Å². The van der Waals surface area contributed by atoms with E-state index >= 15 is 0 Å². The Bertz CT molecular complexity index is 2800. The van der Waals surface area contributed by atoms with Gasteiger partial charge in [0.2, 0.25) is 0 Å². The van der Waals surface area contributed by atoms with Gasteiger partial charge in [-0.15, -0.1) is 0 Å². The molecule has 0 aliphatic carbocycles. The van der Waals surface area contributed by atoms with Crippen molar-refractivity contribution < 1.29 is 4.74 Å². The molecule has 0 amide bonds. The molecule has 1 unspecified atom stereocenters. The van der Waals surface area contributed by atoms with Crippen LogP contribution in [0.1, 0.15) is 22.3 Å². The molecule has 0 saturated carbocycles. The van der Waals surface area contributed by atoms with Crippen LogP contribution in [0.2, 0.25) is 0 Å². The lowest BCUT2D eigenvalue weighted by atomic mass is 9.61. The van der Waals surface area contributed by atoms with E-state index in [0.717, 1.165) is 55.8 Å². The molecule has 1 spiro atoms. The highest BCUT2D eigenvalue weighted by atomic mass is 16.5. The van der Waals surface area contributed by atoms with Crippen molar-refractivity contribution in [2.45, 2.75) is 5.41 Å². The van der Waals surface area contributed by atoms with Gasteiger partial charge in [0.25, 0.3) is 0 Å². The van der Waals surface area contributed by atoms with E-state index in [0.29, 0.717) is 0 Å². The highest BCUT2D eigenvalue weighted by molar-refractivity contribution is 6.12. The molecule has 2 aliphatic rings. The quantitative estimate of drug-likeness (QED) is 0.191. The molecule has 0 radical (unpaired) electrons. The summed E-state index contributed by atoms with van der Waals surface area (Å²) in [6.07, 6.45) is 1.87. The number of hydrogen-bond donors (Lipinski definition) is 0. The van der Waals surface area contributed by atoms with Gasteiger partial charge in [0.15, 0.2) is 0 Å². The number of rotatable bonds is 2. The van der Waals surface area contributed by atoms with Crippen LogP contribution in [-0.2, 0) is 5.41 Å². The molecule has 0 saturated heterocycles.